The van der Waals surface area contributed by atoms with Crippen LogP contribution in [0, 0.1) is 6.92 Å². The van der Waals surface area contributed by atoms with Gasteiger partial charge in [-0.15, -0.1) is 10.2 Å². The minimum Gasteiger partial charge on any atom is -0.493 e. The molecule has 4 aromatic rings. The first-order valence-corrected chi connectivity index (χ1v) is 13.9. The van der Waals surface area contributed by atoms with Gasteiger partial charge in [-0.05, 0) is 55.2 Å². The lowest BCUT2D eigenvalue weighted by atomic mass is 9.87. The number of rotatable bonds is 9. The molecule has 0 aliphatic carbocycles. The van der Waals surface area contributed by atoms with Crippen LogP contribution in [0.2, 0.25) is 0 Å². The minimum atomic E-state index is -0.251. The smallest absolute Gasteiger partial charge is 0.250 e. The Balaban J connectivity index is 1.53. The van der Waals surface area contributed by atoms with Crippen molar-refractivity contribution in [3.63, 3.8) is 0 Å². The lowest BCUT2D eigenvalue weighted by Gasteiger charge is -2.19. The summed E-state index contributed by atoms with van der Waals surface area (Å²) in [5, 5.41) is 13.9. The first-order valence-electron chi connectivity index (χ1n) is 12.9. The number of methoxy groups -OCH3 is 2. The number of aromatic nitrogens is 3. The molecule has 1 heterocycles. The summed E-state index contributed by atoms with van der Waals surface area (Å²) in [7, 11) is 3.16. The Kier molecular flexibility index (Phi) is 8.94. The maximum atomic E-state index is 12.7. The van der Waals surface area contributed by atoms with Gasteiger partial charge in [0.1, 0.15) is 0 Å². The molecular formula is C31H35N5O3S. The minimum absolute atomic E-state index is 0.0534. The Labute approximate surface area is 239 Å². The molecule has 0 aliphatic heterocycles. The van der Waals surface area contributed by atoms with Gasteiger partial charge in [0.25, 0.3) is 5.91 Å². The number of benzene rings is 3. The second-order valence-corrected chi connectivity index (χ2v) is 11.3. The molecule has 0 unspecified atom stereocenters. The van der Waals surface area contributed by atoms with E-state index >= 15 is 0 Å². The predicted octanol–water partition coefficient (Wildman–Crippen LogP) is 6.19. The molecule has 0 saturated carbocycles. The molecule has 8 nitrogen and oxygen atoms in total. The van der Waals surface area contributed by atoms with Crippen molar-refractivity contribution in [3.05, 3.63) is 83.4 Å². The van der Waals surface area contributed by atoms with Gasteiger partial charge < -0.3 is 9.47 Å². The molecule has 0 atom stereocenters. The fraction of sp³-hybridized carbons (Fsp3) is 0.290. The van der Waals surface area contributed by atoms with Crippen LogP contribution in [0.4, 0.5) is 0 Å². The first-order chi connectivity index (χ1) is 19.1. The molecule has 0 aliphatic rings. The molecule has 1 aromatic heterocycles. The van der Waals surface area contributed by atoms with Gasteiger partial charge in [0, 0.05) is 16.8 Å². The number of hydrazone groups is 1. The number of hydrogen-bond acceptors (Lipinski definition) is 7. The summed E-state index contributed by atoms with van der Waals surface area (Å²) in [5.41, 5.74) is 8.43. The van der Waals surface area contributed by atoms with Crippen LogP contribution in [0.3, 0.4) is 0 Å². The average molecular weight is 558 g/mol. The van der Waals surface area contributed by atoms with Crippen molar-refractivity contribution in [2.45, 2.75) is 45.2 Å². The van der Waals surface area contributed by atoms with Gasteiger partial charge in [0.05, 0.1) is 25.7 Å². The van der Waals surface area contributed by atoms with Crippen molar-refractivity contribution in [2.24, 2.45) is 5.10 Å². The summed E-state index contributed by atoms with van der Waals surface area (Å²) in [6, 6.07) is 22.0. The number of aryl methyl sites for hydroxylation is 1. The van der Waals surface area contributed by atoms with E-state index in [1.165, 1.54) is 17.3 Å². The number of nitrogens with zero attached hydrogens (tertiary/aromatic N) is 4. The molecule has 0 spiro atoms. The van der Waals surface area contributed by atoms with E-state index in [-0.39, 0.29) is 17.1 Å². The molecule has 0 bridgehead atoms. The summed E-state index contributed by atoms with van der Waals surface area (Å²) in [4.78, 5) is 12.7. The molecule has 0 fully saturated rings. The van der Waals surface area contributed by atoms with E-state index in [1.807, 2.05) is 42.7 Å². The molecule has 0 radical (unpaired) electrons. The van der Waals surface area contributed by atoms with E-state index in [0.29, 0.717) is 22.4 Å². The monoisotopic (exact) mass is 557 g/mol. The quantitative estimate of drug-likeness (QED) is 0.150. The Morgan fingerprint density at radius 2 is 1.62 bits per heavy atom. The highest BCUT2D eigenvalue weighted by molar-refractivity contribution is 7.99. The second kappa shape index (κ2) is 12.4. The molecule has 208 valence electrons. The van der Waals surface area contributed by atoms with Crippen molar-refractivity contribution < 1.29 is 14.3 Å². The summed E-state index contributed by atoms with van der Waals surface area (Å²) in [6.45, 7) is 10.4. The third-order valence-electron chi connectivity index (χ3n) is 6.42. The normalized spacial score (nSPS) is 11.8. The highest BCUT2D eigenvalue weighted by Gasteiger charge is 2.19. The zero-order chi connectivity index (χ0) is 28.9. The Hall–Kier alpha value is -4.11. The van der Waals surface area contributed by atoms with Crippen molar-refractivity contribution in [2.75, 3.05) is 20.0 Å². The Morgan fingerprint density at radius 3 is 2.25 bits per heavy atom. The van der Waals surface area contributed by atoms with Crippen LogP contribution in [0.15, 0.2) is 77.0 Å². The summed E-state index contributed by atoms with van der Waals surface area (Å²) in [5.74, 6) is 1.81. The number of nitrogens with one attached hydrogen (secondary N) is 1. The number of thioether (sulfide) groups is 1. The van der Waals surface area contributed by atoms with Gasteiger partial charge in [0.15, 0.2) is 22.5 Å². The van der Waals surface area contributed by atoms with E-state index in [9.17, 15) is 4.79 Å². The van der Waals surface area contributed by atoms with Crippen LogP contribution in [0.25, 0.3) is 17.1 Å². The van der Waals surface area contributed by atoms with E-state index < -0.39 is 0 Å². The van der Waals surface area contributed by atoms with Crippen LogP contribution in [0.5, 0.6) is 11.5 Å². The van der Waals surface area contributed by atoms with Gasteiger partial charge in [0.2, 0.25) is 0 Å². The molecule has 4 rings (SSSR count). The Bertz CT molecular complexity index is 1500. The van der Waals surface area contributed by atoms with Crippen molar-refractivity contribution in [1.82, 2.24) is 20.2 Å². The van der Waals surface area contributed by atoms with Gasteiger partial charge in [-0.2, -0.15) is 5.10 Å². The van der Waals surface area contributed by atoms with Gasteiger partial charge in [-0.3, -0.25) is 9.36 Å². The number of carbonyl (C=O) groups excluding carboxylic acids is 1. The number of amides is 1. The topological polar surface area (TPSA) is 90.6 Å². The lowest BCUT2D eigenvalue weighted by molar-refractivity contribution is -0.118. The summed E-state index contributed by atoms with van der Waals surface area (Å²) in [6.07, 6.45) is 0. The van der Waals surface area contributed by atoms with E-state index in [4.69, 9.17) is 9.47 Å². The predicted molar refractivity (Wildman–Crippen MR) is 161 cm³/mol. The van der Waals surface area contributed by atoms with Gasteiger partial charge in [-0.25, -0.2) is 5.43 Å². The Morgan fingerprint density at radius 1 is 0.950 bits per heavy atom. The molecule has 1 amide bonds. The largest absolute Gasteiger partial charge is 0.493 e. The maximum absolute atomic E-state index is 12.7. The third kappa shape index (κ3) is 6.71. The van der Waals surface area contributed by atoms with Crippen LogP contribution >= 0.6 is 11.8 Å². The fourth-order valence-electron chi connectivity index (χ4n) is 4.03. The van der Waals surface area contributed by atoms with Crippen molar-refractivity contribution in [1.29, 1.82) is 0 Å². The average Bonchev–Trinajstić information content (AvgIpc) is 3.38. The molecular weight excluding hydrogens is 522 g/mol. The number of carbonyl (C=O) groups is 1. The van der Waals surface area contributed by atoms with Crippen LogP contribution in [-0.4, -0.2) is 46.4 Å². The lowest BCUT2D eigenvalue weighted by Crippen LogP contribution is -2.21. The molecule has 3 aromatic carbocycles. The first kappa shape index (κ1) is 28.9. The van der Waals surface area contributed by atoms with Crippen LogP contribution in [0.1, 0.15) is 44.4 Å². The van der Waals surface area contributed by atoms with Crippen molar-refractivity contribution in [3.8, 4) is 28.6 Å². The van der Waals surface area contributed by atoms with Gasteiger partial charge in [-0.1, -0.05) is 74.5 Å². The van der Waals surface area contributed by atoms with Crippen LogP contribution in [-0.2, 0) is 10.2 Å². The maximum Gasteiger partial charge on any atom is 0.250 e. The highest BCUT2D eigenvalue weighted by atomic mass is 32.2. The zero-order valence-electron chi connectivity index (χ0n) is 24.0. The zero-order valence-corrected chi connectivity index (χ0v) is 24.8. The standard InChI is InChI=1S/C31H35N5O3S/c1-20-8-15-25(16-9-20)36-29(22-10-13-24(14-11-22)31(3,4)5)34-35-30(36)40-19-28(37)33-32-21(2)23-12-17-26(38-6)27(18-23)39-7/h8-18H,19H2,1-7H3,(H,33,37)/b32-21+. The van der Waals surface area contributed by atoms with E-state index in [2.05, 4.69) is 77.9 Å². The number of hydrogen-bond donors (Lipinski definition) is 1. The SMILES string of the molecule is COc1ccc(/C(C)=N/NC(=O)CSc2nnc(-c3ccc(C(C)(C)C)cc3)n2-c2ccc(C)cc2)cc1OC. The van der Waals surface area contributed by atoms with E-state index in [1.54, 1.807) is 20.3 Å². The second-order valence-electron chi connectivity index (χ2n) is 10.4. The molecule has 0 saturated heterocycles. The van der Waals surface area contributed by atoms with Gasteiger partial charge >= 0.3 is 0 Å². The molecule has 1 N–H and O–H groups in total. The molecule has 40 heavy (non-hydrogen) atoms. The fourth-order valence-corrected chi connectivity index (χ4v) is 4.77. The highest BCUT2D eigenvalue weighted by Crippen LogP contribution is 2.31. The van der Waals surface area contributed by atoms with Crippen molar-refractivity contribution >= 4 is 23.4 Å². The summed E-state index contributed by atoms with van der Waals surface area (Å²) < 4.78 is 12.6. The number of ether oxygens (including phenoxy) is 2. The third-order valence-corrected chi connectivity index (χ3v) is 7.35. The summed E-state index contributed by atoms with van der Waals surface area (Å²) >= 11 is 1.31. The van der Waals surface area contributed by atoms with E-state index in [0.717, 1.165) is 28.2 Å². The van der Waals surface area contributed by atoms with Crippen LogP contribution < -0.4 is 14.9 Å². The molecule has 9 heteroatoms.